The van der Waals surface area contributed by atoms with Crippen molar-refractivity contribution >= 4 is 29.1 Å². The normalized spacial score (nSPS) is 12.2. The van der Waals surface area contributed by atoms with Crippen LogP contribution in [0.3, 0.4) is 0 Å². The molecule has 0 spiro atoms. The van der Waals surface area contributed by atoms with Gasteiger partial charge in [-0.2, -0.15) is 0 Å². The zero-order chi connectivity index (χ0) is 12.8. The van der Waals surface area contributed by atoms with E-state index in [4.69, 9.17) is 16.3 Å². The number of methoxy groups -OCH3 is 1. The molecule has 0 aromatic heterocycles. The smallest absolute Gasteiger partial charge is 0.324 e. The van der Waals surface area contributed by atoms with Crippen LogP contribution in [0.2, 0.25) is 0 Å². The number of rotatable bonds is 6. The van der Waals surface area contributed by atoms with Crippen molar-refractivity contribution in [3.05, 3.63) is 28.3 Å². The number of ether oxygens (including phenoxy) is 1. The Hall–Kier alpha value is -0.940. The molecule has 94 valence electrons. The van der Waals surface area contributed by atoms with Crippen LogP contribution in [0.5, 0.6) is 5.75 Å². The Morgan fingerprint density at radius 2 is 2.29 bits per heavy atom. The first-order valence-corrected chi connectivity index (χ1v) is 6.62. The van der Waals surface area contributed by atoms with Crippen LogP contribution in [-0.4, -0.2) is 23.7 Å². The fourth-order valence-electron chi connectivity index (χ4n) is 1.24. The van der Waals surface area contributed by atoms with E-state index in [0.29, 0.717) is 22.4 Å². The monoisotopic (exact) mass is 275 g/mol. The second-order valence-electron chi connectivity index (χ2n) is 3.63. The van der Waals surface area contributed by atoms with Gasteiger partial charge in [0.15, 0.2) is 5.75 Å². The summed E-state index contributed by atoms with van der Waals surface area (Å²) in [5.74, 6) is 1.90. The van der Waals surface area contributed by atoms with Crippen molar-refractivity contribution in [3.8, 4) is 5.75 Å². The molecule has 0 amide bonds. The first-order valence-electron chi connectivity index (χ1n) is 5.10. The van der Waals surface area contributed by atoms with Crippen molar-refractivity contribution in [3.63, 3.8) is 0 Å². The first kappa shape index (κ1) is 14.1. The molecule has 0 bridgehead atoms. The van der Waals surface area contributed by atoms with Gasteiger partial charge in [0, 0.05) is 11.6 Å². The molecule has 0 saturated carbocycles. The molecule has 1 rings (SSSR count). The Balaban J connectivity index is 2.94. The van der Waals surface area contributed by atoms with E-state index in [-0.39, 0.29) is 5.69 Å². The SMILES string of the molecule is COc1cccc(SCC(C)CCl)c1[N+](=O)[O-]. The maximum absolute atomic E-state index is 11.0. The van der Waals surface area contributed by atoms with E-state index in [1.165, 1.54) is 18.9 Å². The summed E-state index contributed by atoms with van der Waals surface area (Å²) in [6.07, 6.45) is 0. The largest absolute Gasteiger partial charge is 0.490 e. The number of hydrogen-bond acceptors (Lipinski definition) is 4. The van der Waals surface area contributed by atoms with Crippen LogP contribution in [0.1, 0.15) is 6.92 Å². The molecule has 0 aliphatic rings. The number of para-hydroxylation sites is 1. The summed E-state index contributed by atoms with van der Waals surface area (Å²) in [5, 5.41) is 11.0. The number of alkyl halides is 1. The lowest BCUT2D eigenvalue weighted by atomic mass is 10.3. The molecule has 6 heteroatoms. The third-order valence-corrected chi connectivity index (χ3v) is 4.05. The molecule has 0 fully saturated rings. The fourth-order valence-corrected chi connectivity index (χ4v) is 2.55. The van der Waals surface area contributed by atoms with Gasteiger partial charge in [-0.3, -0.25) is 10.1 Å². The molecule has 0 radical (unpaired) electrons. The van der Waals surface area contributed by atoms with Crippen LogP contribution in [0.25, 0.3) is 0 Å². The summed E-state index contributed by atoms with van der Waals surface area (Å²) in [6.45, 7) is 2.01. The number of halogens is 1. The van der Waals surface area contributed by atoms with Gasteiger partial charge in [-0.1, -0.05) is 13.0 Å². The third kappa shape index (κ3) is 3.78. The highest BCUT2D eigenvalue weighted by molar-refractivity contribution is 7.99. The van der Waals surface area contributed by atoms with E-state index in [2.05, 4.69) is 0 Å². The average molecular weight is 276 g/mol. The Morgan fingerprint density at radius 3 is 2.82 bits per heavy atom. The summed E-state index contributed by atoms with van der Waals surface area (Å²) >= 11 is 7.14. The summed E-state index contributed by atoms with van der Waals surface area (Å²) < 4.78 is 5.00. The molecular weight excluding hydrogens is 262 g/mol. The van der Waals surface area contributed by atoms with Gasteiger partial charge in [0.2, 0.25) is 0 Å². The van der Waals surface area contributed by atoms with Crippen molar-refractivity contribution in [1.82, 2.24) is 0 Å². The molecule has 0 aliphatic heterocycles. The molecule has 0 heterocycles. The lowest BCUT2D eigenvalue weighted by Gasteiger charge is -2.09. The topological polar surface area (TPSA) is 52.4 Å². The van der Waals surface area contributed by atoms with Crippen LogP contribution >= 0.6 is 23.4 Å². The van der Waals surface area contributed by atoms with Crippen LogP contribution in [0.4, 0.5) is 5.69 Å². The third-order valence-electron chi connectivity index (χ3n) is 2.15. The summed E-state index contributed by atoms with van der Waals surface area (Å²) in [5.41, 5.74) is 0.0294. The highest BCUT2D eigenvalue weighted by Gasteiger charge is 2.20. The van der Waals surface area contributed by atoms with E-state index in [9.17, 15) is 10.1 Å². The van der Waals surface area contributed by atoms with E-state index in [1.54, 1.807) is 18.2 Å². The van der Waals surface area contributed by atoms with Crippen molar-refractivity contribution in [2.75, 3.05) is 18.7 Å². The van der Waals surface area contributed by atoms with Crippen LogP contribution < -0.4 is 4.74 Å². The van der Waals surface area contributed by atoms with Crippen LogP contribution in [-0.2, 0) is 0 Å². The zero-order valence-electron chi connectivity index (χ0n) is 9.68. The minimum atomic E-state index is -0.410. The van der Waals surface area contributed by atoms with Crippen molar-refractivity contribution in [1.29, 1.82) is 0 Å². The summed E-state index contributed by atoms with van der Waals surface area (Å²) in [4.78, 5) is 11.2. The number of nitro groups is 1. The Kier molecular flexibility index (Phi) is 5.58. The standard InChI is InChI=1S/C11H14ClNO3S/c1-8(6-12)7-17-10-5-3-4-9(16-2)11(10)13(14)15/h3-5,8H,6-7H2,1-2H3. The van der Waals surface area contributed by atoms with Crippen molar-refractivity contribution in [2.45, 2.75) is 11.8 Å². The van der Waals surface area contributed by atoms with Gasteiger partial charge in [-0.25, -0.2) is 0 Å². The van der Waals surface area contributed by atoms with Crippen molar-refractivity contribution in [2.24, 2.45) is 5.92 Å². The summed E-state index contributed by atoms with van der Waals surface area (Å²) in [7, 11) is 1.43. The van der Waals surface area contributed by atoms with Crippen molar-refractivity contribution < 1.29 is 9.66 Å². The molecule has 1 atom stereocenters. The van der Waals surface area contributed by atoms with Crippen LogP contribution in [0, 0.1) is 16.0 Å². The van der Waals surface area contributed by atoms with E-state index in [0.717, 1.165) is 5.75 Å². The quantitative estimate of drug-likeness (QED) is 0.345. The Morgan fingerprint density at radius 1 is 1.59 bits per heavy atom. The Labute approximate surface area is 109 Å². The van der Waals surface area contributed by atoms with E-state index < -0.39 is 4.92 Å². The Bertz CT molecular complexity index is 400. The van der Waals surface area contributed by atoms with E-state index >= 15 is 0 Å². The molecule has 0 aliphatic carbocycles. The summed E-state index contributed by atoms with van der Waals surface area (Å²) in [6, 6.07) is 5.07. The highest BCUT2D eigenvalue weighted by Crippen LogP contribution is 2.37. The zero-order valence-corrected chi connectivity index (χ0v) is 11.3. The molecule has 1 unspecified atom stereocenters. The molecule has 1 aromatic carbocycles. The number of nitro benzene ring substituents is 1. The fraction of sp³-hybridized carbons (Fsp3) is 0.455. The van der Waals surface area contributed by atoms with Gasteiger partial charge >= 0.3 is 5.69 Å². The minimum absolute atomic E-state index is 0.0294. The predicted octanol–water partition coefficient (Wildman–Crippen LogP) is 3.57. The molecule has 1 aromatic rings. The van der Waals surface area contributed by atoms with E-state index in [1.807, 2.05) is 6.92 Å². The number of benzene rings is 1. The van der Waals surface area contributed by atoms with Crippen LogP contribution in [0.15, 0.2) is 23.1 Å². The van der Waals surface area contributed by atoms with Gasteiger partial charge in [-0.15, -0.1) is 23.4 Å². The average Bonchev–Trinajstić information content (AvgIpc) is 2.34. The lowest BCUT2D eigenvalue weighted by molar-refractivity contribution is -0.388. The molecule has 0 saturated heterocycles. The first-order chi connectivity index (χ1) is 8.10. The van der Waals surface area contributed by atoms with Gasteiger partial charge in [0.25, 0.3) is 0 Å². The molecular formula is C11H14ClNO3S. The maximum atomic E-state index is 11.0. The maximum Gasteiger partial charge on any atom is 0.324 e. The van der Waals surface area contributed by atoms with Gasteiger partial charge < -0.3 is 4.74 Å². The van der Waals surface area contributed by atoms with Gasteiger partial charge in [0.05, 0.1) is 16.9 Å². The minimum Gasteiger partial charge on any atom is -0.490 e. The number of thioether (sulfide) groups is 1. The highest BCUT2D eigenvalue weighted by atomic mass is 35.5. The molecule has 0 N–H and O–H groups in total. The predicted molar refractivity (Wildman–Crippen MR) is 70.3 cm³/mol. The number of nitrogens with zero attached hydrogens (tertiary/aromatic N) is 1. The lowest BCUT2D eigenvalue weighted by Crippen LogP contribution is -2.01. The van der Waals surface area contributed by atoms with Gasteiger partial charge in [-0.05, 0) is 18.1 Å². The second-order valence-corrected chi connectivity index (χ2v) is 5.01. The number of hydrogen-bond donors (Lipinski definition) is 0. The molecule has 17 heavy (non-hydrogen) atoms. The second kappa shape index (κ2) is 6.71. The molecule has 4 nitrogen and oxygen atoms in total. The van der Waals surface area contributed by atoms with Gasteiger partial charge in [0.1, 0.15) is 0 Å².